The smallest absolute Gasteiger partial charge is 0.158 e. The summed E-state index contributed by atoms with van der Waals surface area (Å²) in [5.41, 5.74) is 0.953. The van der Waals surface area contributed by atoms with Crippen LogP contribution in [0.25, 0.3) is 11.5 Å². The first-order valence-electron chi connectivity index (χ1n) is 6.44. The van der Waals surface area contributed by atoms with E-state index >= 15 is 0 Å². The lowest BCUT2D eigenvalue weighted by atomic mass is 10.1. The molecule has 0 aliphatic carbocycles. The van der Waals surface area contributed by atoms with Crippen LogP contribution in [-0.2, 0) is 6.54 Å². The molecule has 0 N–H and O–H groups in total. The first kappa shape index (κ1) is 11.4. The van der Waals surface area contributed by atoms with Crippen molar-refractivity contribution < 1.29 is 0 Å². The van der Waals surface area contributed by atoms with Gasteiger partial charge in [-0.2, -0.15) is 0 Å². The van der Waals surface area contributed by atoms with Gasteiger partial charge in [-0.3, -0.25) is 4.98 Å². The minimum Gasteiger partial charge on any atom is -0.329 e. The number of hydrogen-bond acceptors (Lipinski definition) is 3. The number of likely N-dealkylation sites (tertiary alicyclic amines) is 1. The molecule has 1 aliphatic rings. The Balaban J connectivity index is 1.80. The lowest BCUT2D eigenvalue weighted by Crippen LogP contribution is -2.17. The van der Waals surface area contributed by atoms with Crippen LogP contribution < -0.4 is 0 Å². The van der Waals surface area contributed by atoms with E-state index in [0.717, 1.165) is 24.0 Å². The van der Waals surface area contributed by atoms with E-state index in [0.29, 0.717) is 0 Å². The van der Waals surface area contributed by atoms with Gasteiger partial charge in [-0.05, 0) is 38.1 Å². The maximum absolute atomic E-state index is 4.43. The molecule has 3 rings (SSSR count). The number of nitrogens with zero attached hydrogens (tertiary/aromatic N) is 4. The molecule has 3 heterocycles. The molecule has 4 nitrogen and oxygen atoms in total. The molecule has 0 aromatic carbocycles. The molecule has 18 heavy (non-hydrogen) atoms. The van der Waals surface area contributed by atoms with Gasteiger partial charge in [0.05, 0.1) is 0 Å². The maximum Gasteiger partial charge on any atom is 0.158 e. The molecule has 0 radical (unpaired) electrons. The van der Waals surface area contributed by atoms with Crippen molar-refractivity contribution in [3.05, 3.63) is 36.8 Å². The van der Waals surface area contributed by atoms with Gasteiger partial charge in [0, 0.05) is 31.7 Å². The van der Waals surface area contributed by atoms with Crippen molar-refractivity contribution in [2.45, 2.75) is 13.0 Å². The van der Waals surface area contributed by atoms with Crippen molar-refractivity contribution in [3.8, 4) is 11.5 Å². The van der Waals surface area contributed by atoms with Crippen molar-refractivity contribution in [1.29, 1.82) is 0 Å². The highest BCUT2D eigenvalue weighted by Crippen LogP contribution is 2.20. The van der Waals surface area contributed by atoms with Crippen LogP contribution in [0.2, 0.25) is 0 Å². The predicted octanol–water partition coefficient (Wildman–Crippen LogP) is 1.90. The Hall–Kier alpha value is -1.68. The third-order valence-corrected chi connectivity index (χ3v) is 3.55. The maximum atomic E-state index is 4.43. The van der Waals surface area contributed by atoms with Gasteiger partial charge < -0.3 is 9.47 Å². The topological polar surface area (TPSA) is 34.0 Å². The molecule has 1 atom stereocenters. The molecule has 1 unspecified atom stereocenters. The second-order valence-corrected chi connectivity index (χ2v) is 5.04. The summed E-state index contributed by atoms with van der Waals surface area (Å²) in [6, 6.07) is 5.95. The molecule has 1 fully saturated rings. The van der Waals surface area contributed by atoms with Gasteiger partial charge in [0.15, 0.2) is 5.82 Å². The third-order valence-electron chi connectivity index (χ3n) is 3.55. The first-order chi connectivity index (χ1) is 8.83. The summed E-state index contributed by atoms with van der Waals surface area (Å²) in [5.74, 6) is 1.71. The lowest BCUT2D eigenvalue weighted by molar-refractivity contribution is 0.378. The van der Waals surface area contributed by atoms with E-state index < -0.39 is 0 Å². The summed E-state index contributed by atoms with van der Waals surface area (Å²) in [4.78, 5) is 11.2. The summed E-state index contributed by atoms with van der Waals surface area (Å²) >= 11 is 0. The Labute approximate surface area is 107 Å². The molecule has 0 bridgehead atoms. The second-order valence-electron chi connectivity index (χ2n) is 5.04. The van der Waals surface area contributed by atoms with Crippen molar-refractivity contribution in [3.63, 3.8) is 0 Å². The molecule has 2 aromatic heterocycles. The molecule has 0 saturated carbocycles. The fraction of sp³-hybridized carbons (Fsp3) is 0.429. The number of hydrogen-bond donors (Lipinski definition) is 0. The van der Waals surface area contributed by atoms with Gasteiger partial charge in [0.1, 0.15) is 5.69 Å². The van der Waals surface area contributed by atoms with E-state index in [1.807, 2.05) is 30.6 Å². The van der Waals surface area contributed by atoms with Crippen molar-refractivity contribution in [2.75, 3.05) is 20.1 Å². The minimum atomic E-state index is 0.728. The SMILES string of the molecule is CN1CCC(Cn2ccnc2-c2ccccn2)C1. The highest BCUT2D eigenvalue weighted by molar-refractivity contribution is 5.48. The van der Waals surface area contributed by atoms with Crippen LogP contribution >= 0.6 is 0 Å². The Kier molecular flexibility index (Phi) is 3.11. The zero-order valence-electron chi connectivity index (χ0n) is 10.7. The van der Waals surface area contributed by atoms with E-state index in [1.165, 1.54) is 19.5 Å². The van der Waals surface area contributed by atoms with Crippen LogP contribution in [0.1, 0.15) is 6.42 Å². The van der Waals surface area contributed by atoms with Crippen LogP contribution in [0.5, 0.6) is 0 Å². The normalized spacial score (nSPS) is 20.4. The molecule has 2 aromatic rings. The van der Waals surface area contributed by atoms with Crippen LogP contribution in [0.4, 0.5) is 0 Å². The fourth-order valence-electron chi connectivity index (χ4n) is 2.64. The summed E-state index contributed by atoms with van der Waals surface area (Å²) in [5, 5.41) is 0. The number of aromatic nitrogens is 3. The zero-order chi connectivity index (χ0) is 12.4. The largest absolute Gasteiger partial charge is 0.329 e. The van der Waals surface area contributed by atoms with Gasteiger partial charge in [-0.25, -0.2) is 4.98 Å². The molecule has 1 aliphatic heterocycles. The minimum absolute atomic E-state index is 0.728. The van der Waals surface area contributed by atoms with E-state index in [2.05, 4.69) is 32.7 Å². The molecule has 0 spiro atoms. The standard InChI is InChI=1S/C14H18N4/c1-17-8-5-12(10-17)11-18-9-7-16-14(18)13-4-2-3-6-15-13/h2-4,6-7,9,12H,5,8,10-11H2,1H3. The zero-order valence-corrected chi connectivity index (χ0v) is 10.7. The Morgan fingerprint density at radius 3 is 2.94 bits per heavy atom. The Morgan fingerprint density at radius 1 is 1.28 bits per heavy atom. The van der Waals surface area contributed by atoms with Crippen LogP contribution in [-0.4, -0.2) is 39.6 Å². The van der Waals surface area contributed by atoms with Gasteiger partial charge >= 0.3 is 0 Å². The van der Waals surface area contributed by atoms with Crippen molar-refractivity contribution in [2.24, 2.45) is 5.92 Å². The molecule has 0 amide bonds. The first-order valence-corrected chi connectivity index (χ1v) is 6.44. The average molecular weight is 242 g/mol. The van der Waals surface area contributed by atoms with E-state index in [-0.39, 0.29) is 0 Å². The van der Waals surface area contributed by atoms with E-state index in [1.54, 1.807) is 0 Å². The molecule has 4 heteroatoms. The summed E-state index contributed by atoms with van der Waals surface area (Å²) in [6.45, 7) is 3.42. The lowest BCUT2D eigenvalue weighted by Gasteiger charge is -2.13. The summed E-state index contributed by atoms with van der Waals surface area (Å²) in [6.07, 6.45) is 7.01. The predicted molar refractivity (Wildman–Crippen MR) is 71.1 cm³/mol. The van der Waals surface area contributed by atoms with Crippen LogP contribution in [0.15, 0.2) is 36.8 Å². The second kappa shape index (κ2) is 4.90. The van der Waals surface area contributed by atoms with Crippen LogP contribution in [0.3, 0.4) is 0 Å². The summed E-state index contributed by atoms with van der Waals surface area (Å²) < 4.78 is 2.23. The van der Waals surface area contributed by atoms with E-state index in [9.17, 15) is 0 Å². The van der Waals surface area contributed by atoms with Gasteiger partial charge in [0.25, 0.3) is 0 Å². The van der Waals surface area contributed by atoms with E-state index in [4.69, 9.17) is 0 Å². The Morgan fingerprint density at radius 2 is 2.22 bits per heavy atom. The summed E-state index contributed by atoms with van der Waals surface area (Å²) in [7, 11) is 2.19. The Bertz CT molecular complexity index is 506. The molecular weight excluding hydrogens is 224 g/mol. The molecule has 94 valence electrons. The van der Waals surface area contributed by atoms with Crippen LogP contribution in [0, 0.1) is 5.92 Å². The van der Waals surface area contributed by atoms with Crippen molar-refractivity contribution in [1.82, 2.24) is 19.4 Å². The number of rotatable bonds is 3. The van der Waals surface area contributed by atoms with Gasteiger partial charge in [-0.15, -0.1) is 0 Å². The highest BCUT2D eigenvalue weighted by atomic mass is 15.1. The van der Waals surface area contributed by atoms with Crippen molar-refractivity contribution >= 4 is 0 Å². The molecular formula is C14H18N4. The monoisotopic (exact) mass is 242 g/mol. The fourth-order valence-corrected chi connectivity index (χ4v) is 2.64. The number of pyridine rings is 1. The quantitative estimate of drug-likeness (QED) is 0.824. The van der Waals surface area contributed by atoms with Gasteiger partial charge in [-0.1, -0.05) is 6.07 Å². The number of imidazole rings is 1. The molecule has 1 saturated heterocycles. The average Bonchev–Trinajstić information content (AvgIpc) is 3.00. The third kappa shape index (κ3) is 2.29. The highest BCUT2D eigenvalue weighted by Gasteiger charge is 2.20. The van der Waals surface area contributed by atoms with Gasteiger partial charge in [0.2, 0.25) is 0 Å².